The van der Waals surface area contributed by atoms with Crippen molar-refractivity contribution in [3.63, 3.8) is 0 Å². The Morgan fingerprint density at radius 3 is 2.86 bits per heavy atom. The molecule has 3 aromatic rings. The van der Waals surface area contributed by atoms with E-state index in [1.54, 1.807) is 17.4 Å². The minimum Gasteiger partial charge on any atom is -0.477 e. The lowest BCUT2D eigenvalue weighted by atomic mass is 10.1. The van der Waals surface area contributed by atoms with Crippen molar-refractivity contribution in [1.82, 2.24) is 4.98 Å². The van der Waals surface area contributed by atoms with E-state index >= 15 is 0 Å². The zero-order valence-corrected chi connectivity index (χ0v) is 12.2. The molecule has 0 aliphatic heterocycles. The fourth-order valence-corrected chi connectivity index (χ4v) is 2.85. The van der Waals surface area contributed by atoms with E-state index in [0.717, 1.165) is 17.3 Å². The number of hydrogen-bond acceptors (Lipinski definition) is 4. The first kappa shape index (κ1) is 13.6. The van der Waals surface area contributed by atoms with E-state index in [9.17, 15) is 0 Å². The first-order chi connectivity index (χ1) is 10.2. The Balaban J connectivity index is 1.83. The molecule has 0 saturated carbocycles. The van der Waals surface area contributed by atoms with Crippen molar-refractivity contribution >= 4 is 28.1 Å². The van der Waals surface area contributed by atoms with Crippen LogP contribution in [0.2, 0.25) is 0 Å². The number of ether oxygens (including phenoxy) is 1. The van der Waals surface area contributed by atoms with Crippen molar-refractivity contribution in [3.8, 4) is 5.88 Å². The third kappa shape index (κ3) is 3.03. The van der Waals surface area contributed by atoms with Crippen LogP contribution in [-0.4, -0.2) is 17.4 Å². The van der Waals surface area contributed by atoms with Crippen molar-refractivity contribution < 1.29 is 4.74 Å². The highest BCUT2D eigenvalue weighted by atomic mass is 32.1. The molecule has 0 spiro atoms. The number of rotatable bonds is 5. The van der Waals surface area contributed by atoms with E-state index in [1.165, 1.54) is 4.88 Å². The number of nitrogens with zero attached hydrogens (tertiary/aromatic N) is 1. The van der Waals surface area contributed by atoms with Crippen LogP contribution < -0.4 is 10.5 Å². The largest absolute Gasteiger partial charge is 0.477 e. The zero-order chi connectivity index (χ0) is 14.7. The number of thiophene rings is 1. The minimum absolute atomic E-state index is 0.0247. The van der Waals surface area contributed by atoms with Gasteiger partial charge >= 0.3 is 0 Å². The van der Waals surface area contributed by atoms with Crippen molar-refractivity contribution in [2.75, 3.05) is 6.61 Å². The van der Waals surface area contributed by atoms with Crippen LogP contribution >= 0.6 is 11.3 Å². The van der Waals surface area contributed by atoms with Gasteiger partial charge in [-0.05, 0) is 17.5 Å². The standard InChI is InChI=1S/C16H15N3OS/c17-16(18)13-10-15(19-14-6-2-1-5-12(13)14)20-8-7-11-4-3-9-21-11/h1-6,9-10H,7-8H2,(H3,17,18). The van der Waals surface area contributed by atoms with Gasteiger partial charge in [0, 0.05) is 28.3 Å². The van der Waals surface area contributed by atoms with Gasteiger partial charge in [-0.15, -0.1) is 11.3 Å². The highest BCUT2D eigenvalue weighted by Crippen LogP contribution is 2.22. The molecule has 0 unspecified atom stereocenters. The number of aromatic nitrogens is 1. The van der Waals surface area contributed by atoms with Gasteiger partial charge < -0.3 is 10.5 Å². The molecule has 0 radical (unpaired) electrons. The number of nitrogens with two attached hydrogens (primary N) is 1. The average Bonchev–Trinajstić information content (AvgIpc) is 2.99. The zero-order valence-electron chi connectivity index (χ0n) is 11.4. The van der Waals surface area contributed by atoms with Crippen molar-refractivity contribution in [2.45, 2.75) is 6.42 Å². The van der Waals surface area contributed by atoms with Crippen LogP contribution in [-0.2, 0) is 6.42 Å². The van der Waals surface area contributed by atoms with E-state index in [2.05, 4.69) is 16.4 Å². The number of fused-ring (bicyclic) bond motifs is 1. The molecule has 0 saturated heterocycles. The Bertz CT molecular complexity index is 768. The number of para-hydroxylation sites is 1. The van der Waals surface area contributed by atoms with Crippen LogP contribution in [0.25, 0.3) is 10.9 Å². The number of pyridine rings is 1. The molecule has 106 valence electrons. The molecule has 0 fully saturated rings. The quantitative estimate of drug-likeness (QED) is 0.561. The first-order valence-corrected chi connectivity index (χ1v) is 7.51. The molecule has 2 heterocycles. The predicted octanol–water partition coefficient (Wildman–Crippen LogP) is 3.20. The number of benzene rings is 1. The highest BCUT2D eigenvalue weighted by Gasteiger charge is 2.08. The summed E-state index contributed by atoms with van der Waals surface area (Å²) in [4.78, 5) is 5.75. The number of nitrogens with one attached hydrogen (secondary N) is 1. The topological polar surface area (TPSA) is 72.0 Å². The number of amidine groups is 1. The Hall–Kier alpha value is -2.40. The molecule has 3 rings (SSSR count). The lowest BCUT2D eigenvalue weighted by Gasteiger charge is -2.09. The first-order valence-electron chi connectivity index (χ1n) is 6.63. The second-order valence-corrected chi connectivity index (χ2v) is 5.65. The molecular formula is C16H15N3OS. The van der Waals surface area contributed by atoms with E-state index in [0.29, 0.717) is 18.1 Å². The Kier molecular flexibility index (Phi) is 3.83. The summed E-state index contributed by atoms with van der Waals surface area (Å²) in [5.41, 5.74) is 7.10. The van der Waals surface area contributed by atoms with Gasteiger partial charge in [0.25, 0.3) is 0 Å². The molecule has 5 heteroatoms. The normalized spacial score (nSPS) is 10.7. The summed E-state index contributed by atoms with van der Waals surface area (Å²) in [5.74, 6) is 0.534. The van der Waals surface area contributed by atoms with Crippen LogP contribution in [0.3, 0.4) is 0 Å². The smallest absolute Gasteiger partial charge is 0.214 e. The third-order valence-electron chi connectivity index (χ3n) is 3.16. The molecule has 0 amide bonds. The molecular weight excluding hydrogens is 282 g/mol. The Labute approximate surface area is 126 Å². The predicted molar refractivity (Wildman–Crippen MR) is 86.3 cm³/mol. The van der Waals surface area contributed by atoms with E-state index in [4.69, 9.17) is 15.9 Å². The molecule has 3 N–H and O–H groups in total. The maximum atomic E-state index is 7.70. The van der Waals surface area contributed by atoms with Crippen molar-refractivity contribution in [3.05, 3.63) is 58.3 Å². The van der Waals surface area contributed by atoms with Crippen molar-refractivity contribution in [1.29, 1.82) is 5.41 Å². The summed E-state index contributed by atoms with van der Waals surface area (Å²) < 4.78 is 5.72. The number of nitrogen functional groups attached to an aromatic ring is 1. The number of hydrogen-bond donors (Lipinski definition) is 2. The Morgan fingerprint density at radius 1 is 1.24 bits per heavy atom. The van der Waals surface area contributed by atoms with Gasteiger partial charge in [0.05, 0.1) is 12.1 Å². The molecule has 4 nitrogen and oxygen atoms in total. The molecule has 1 aromatic carbocycles. The fraction of sp³-hybridized carbons (Fsp3) is 0.125. The lowest BCUT2D eigenvalue weighted by molar-refractivity contribution is 0.311. The van der Waals surface area contributed by atoms with Gasteiger partial charge in [-0.3, -0.25) is 5.41 Å². The third-order valence-corrected chi connectivity index (χ3v) is 4.10. The minimum atomic E-state index is 0.0247. The summed E-state index contributed by atoms with van der Waals surface area (Å²) in [6.45, 7) is 0.559. The van der Waals surface area contributed by atoms with Gasteiger partial charge in [0.2, 0.25) is 5.88 Å². The molecule has 0 atom stereocenters. The monoisotopic (exact) mass is 297 g/mol. The molecule has 0 aliphatic rings. The van der Waals surface area contributed by atoms with Gasteiger partial charge in [-0.1, -0.05) is 24.3 Å². The van der Waals surface area contributed by atoms with Gasteiger partial charge in [0.15, 0.2) is 0 Å². The summed E-state index contributed by atoms with van der Waals surface area (Å²) in [6.07, 6.45) is 0.849. The van der Waals surface area contributed by atoms with E-state index in [1.807, 2.05) is 30.3 Å². The van der Waals surface area contributed by atoms with Gasteiger partial charge in [-0.25, -0.2) is 4.98 Å². The fourth-order valence-electron chi connectivity index (χ4n) is 2.16. The maximum absolute atomic E-state index is 7.70. The van der Waals surface area contributed by atoms with Crippen LogP contribution in [0.15, 0.2) is 47.8 Å². The second-order valence-electron chi connectivity index (χ2n) is 4.62. The van der Waals surface area contributed by atoms with Crippen LogP contribution in [0.4, 0.5) is 0 Å². The summed E-state index contributed by atoms with van der Waals surface area (Å²) in [6, 6.07) is 13.5. The van der Waals surface area contributed by atoms with E-state index < -0.39 is 0 Å². The SMILES string of the molecule is N=C(N)c1cc(OCCc2cccs2)nc2ccccc12. The molecule has 0 aliphatic carbocycles. The second kappa shape index (κ2) is 5.93. The Morgan fingerprint density at radius 2 is 2.10 bits per heavy atom. The lowest BCUT2D eigenvalue weighted by Crippen LogP contribution is -2.13. The van der Waals surface area contributed by atoms with Gasteiger partial charge in [0.1, 0.15) is 5.84 Å². The average molecular weight is 297 g/mol. The summed E-state index contributed by atoms with van der Waals surface area (Å²) >= 11 is 1.71. The van der Waals surface area contributed by atoms with Crippen LogP contribution in [0.5, 0.6) is 5.88 Å². The summed E-state index contributed by atoms with van der Waals surface area (Å²) in [5, 5.41) is 10.6. The van der Waals surface area contributed by atoms with Gasteiger partial charge in [-0.2, -0.15) is 0 Å². The van der Waals surface area contributed by atoms with Crippen LogP contribution in [0.1, 0.15) is 10.4 Å². The summed E-state index contributed by atoms with van der Waals surface area (Å²) in [7, 11) is 0. The maximum Gasteiger partial charge on any atom is 0.214 e. The molecule has 21 heavy (non-hydrogen) atoms. The van der Waals surface area contributed by atoms with Crippen LogP contribution in [0, 0.1) is 5.41 Å². The van der Waals surface area contributed by atoms with E-state index in [-0.39, 0.29) is 5.84 Å². The highest BCUT2D eigenvalue weighted by molar-refractivity contribution is 7.09. The van der Waals surface area contributed by atoms with Crippen molar-refractivity contribution in [2.24, 2.45) is 5.73 Å². The molecule has 0 bridgehead atoms. The molecule has 2 aromatic heterocycles.